The van der Waals surface area contributed by atoms with Crippen LogP contribution in [0.2, 0.25) is 0 Å². The number of benzene rings is 2. The summed E-state index contributed by atoms with van der Waals surface area (Å²) in [7, 11) is 1.61. The third kappa shape index (κ3) is 3.71. The van der Waals surface area contributed by atoms with E-state index in [4.69, 9.17) is 4.74 Å². The van der Waals surface area contributed by atoms with Crippen LogP contribution >= 0.6 is 11.3 Å². The van der Waals surface area contributed by atoms with E-state index in [-0.39, 0.29) is 4.88 Å². The second kappa shape index (κ2) is 8.05. The fourth-order valence-corrected chi connectivity index (χ4v) is 3.76. The SMILES string of the molecule is C=CN(c1nc(-c2ccccc2)c(C(=O)O)s1)c1cc(OC)ccc1CC. The molecule has 1 aromatic heterocycles. The van der Waals surface area contributed by atoms with Crippen LogP contribution in [-0.4, -0.2) is 23.2 Å². The molecule has 6 heteroatoms. The summed E-state index contributed by atoms with van der Waals surface area (Å²) in [5, 5.41) is 10.2. The molecule has 0 amide bonds. The van der Waals surface area contributed by atoms with Gasteiger partial charge in [-0.3, -0.25) is 4.90 Å². The highest BCUT2D eigenvalue weighted by atomic mass is 32.1. The molecular formula is C21H20N2O3S. The Morgan fingerprint density at radius 2 is 2.04 bits per heavy atom. The van der Waals surface area contributed by atoms with Gasteiger partial charge in [-0.2, -0.15) is 0 Å². The lowest BCUT2D eigenvalue weighted by atomic mass is 10.1. The molecule has 27 heavy (non-hydrogen) atoms. The highest BCUT2D eigenvalue weighted by Crippen LogP contribution is 2.38. The van der Waals surface area contributed by atoms with Gasteiger partial charge in [-0.25, -0.2) is 9.78 Å². The summed E-state index contributed by atoms with van der Waals surface area (Å²) in [5.41, 5.74) is 3.18. The number of carboxylic acids is 1. The summed E-state index contributed by atoms with van der Waals surface area (Å²) >= 11 is 1.13. The number of anilines is 2. The molecule has 0 fully saturated rings. The van der Waals surface area contributed by atoms with Gasteiger partial charge in [0, 0.05) is 17.8 Å². The first-order valence-corrected chi connectivity index (χ1v) is 9.29. The number of aromatic nitrogens is 1. The van der Waals surface area contributed by atoms with E-state index in [0.717, 1.165) is 34.6 Å². The lowest BCUT2D eigenvalue weighted by Gasteiger charge is -2.21. The highest BCUT2D eigenvalue weighted by Gasteiger charge is 2.23. The van der Waals surface area contributed by atoms with Crippen LogP contribution in [0.15, 0.2) is 61.3 Å². The quantitative estimate of drug-likeness (QED) is 0.598. The predicted octanol–water partition coefficient (Wildman–Crippen LogP) is 5.36. The summed E-state index contributed by atoms with van der Waals surface area (Å²) in [4.78, 5) is 18.4. The van der Waals surface area contributed by atoms with Crippen molar-refractivity contribution in [1.29, 1.82) is 0 Å². The number of hydrogen-bond donors (Lipinski definition) is 1. The Kier molecular flexibility index (Phi) is 5.57. The summed E-state index contributed by atoms with van der Waals surface area (Å²) < 4.78 is 5.35. The molecule has 5 nitrogen and oxygen atoms in total. The smallest absolute Gasteiger partial charge is 0.348 e. The molecule has 0 saturated heterocycles. The minimum absolute atomic E-state index is 0.198. The van der Waals surface area contributed by atoms with E-state index in [2.05, 4.69) is 18.5 Å². The monoisotopic (exact) mass is 380 g/mol. The minimum Gasteiger partial charge on any atom is -0.497 e. The van der Waals surface area contributed by atoms with Gasteiger partial charge < -0.3 is 9.84 Å². The minimum atomic E-state index is -0.997. The molecule has 3 rings (SSSR count). The van der Waals surface area contributed by atoms with Crippen molar-refractivity contribution in [2.75, 3.05) is 12.0 Å². The van der Waals surface area contributed by atoms with E-state index in [1.54, 1.807) is 13.3 Å². The molecule has 0 radical (unpaired) electrons. The van der Waals surface area contributed by atoms with Gasteiger partial charge in [0.15, 0.2) is 5.13 Å². The lowest BCUT2D eigenvalue weighted by molar-refractivity contribution is 0.0702. The van der Waals surface area contributed by atoms with Crippen molar-refractivity contribution in [3.05, 3.63) is 71.8 Å². The van der Waals surface area contributed by atoms with Crippen molar-refractivity contribution < 1.29 is 14.6 Å². The van der Waals surface area contributed by atoms with Crippen LogP contribution in [0.25, 0.3) is 11.3 Å². The third-order valence-corrected chi connectivity index (χ3v) is 5.22. The average molecular weight is 380 g/mol. The molecule has 0 aliphatic heterocycles. The van der Waals surface area contributed by atoms with Crippen LogP contribution in [0.5, 0.6) is 5.75 Å². The van der Waals surface area contributed by atoms with Crippen molar-refractivity contribution in [3.63, 3.8) is 0 Å². The number of nitrogens with zero attached hydrogens (tertiary/aromatic N) is 2. The molecule has 1 N–H and O–H groups in total. The van der Waals surface area contributed by atoms with Gasteiger partial charge in [0.2, 0.25) is 0 Å². The number of carboxylic acid groups (broad SMARTS) is 1. The maximum Gasteiger partial charge on any atom is 0.348 e. The third-order valence-electron chi connectivity index (χ3n) is 4.18. The lowest BCUT2D eigenvalue weighted by Crippen LogP contribution is -2.10. The van der Waals surface area contributed by atoms with Crippen LogP contribution in [0.3, 0.4) is 0 Å². The second-order valence-electron chi connectivity index (χ2n) is 5.75. The summed E-state index contributed by atoms with van der Waals surface area (Å²) in [6, 6.07) is 15.1. The van der Waals surface area contributed by atoms with E-state index < -0.39 is 5.97 Å². The van der Waals surface area contributed by atoms with Crippen LogP contribution in [-0.2, 0) is 6.42 Å². The average Bonchev–Trinajstić information content (AvgIpc) is 3.14. The maximum absolute atomic E-state index is 11.8. The Morgan fingerprint density at radius 3 is 2.63 bits per heavy atom. The van der Waals surface area contributed by atoms with Gasteiger partial charge in [0.1, 0.15) is 10.6 Å². The van der Waals surface area contributed by atoms with Crippen LogP contribution in [0.1, 0.15) is 22.2 Å². The maximum atomic E-state index is 11.8. The number of carbonyl (C=O) groups is 1. The Labute approximate surface area is 162 Å². The first kappa shape index (κ1) is 18.7. The Bertz CT molecular complexity index is 967. The van der Waals surface area contributed by atoms with Crippen molar-refractivity contribution >= 4 is 28.1 Å². The molecule has 0 bridgehead atoms. The summed E-state index contributed by atoms with van der Waals surface area (Å²) in [6.07, 6.45) is 2.46. The number of aryl methyl sites for hydroxylation is 1. The Morgan fingerprint density at radius 1 is 1.30 bits per heavy atom. The van der Waals surface area contributed by atoms with E-state index in [0.29, 0.717) is 16.6 Å². The predicted molar refractivity (Wildman–Crippen MR) is 109 cm³/mol. The number of methoxy groups -OCH3 is 1. The standard InChI is InChI=1S/C21H20N2O3S/c1-4-14-11-12-16(26-3)13-17(14)23(5-2)21-22-18(19(27-21)20(24)25)15-9-7-6-8-10-15/h5-13H,2,4H2,1,3H3,(H,24,25). The fraction of sp³-hybridized carbons (Fsp3) is 0.143. The topological polar surface area (TPSA) is 62.7 Å². The van der Waals surface area contributed by atoms with E-state index in [9.17, 15) is 9.90 Å². The van der Waals surface area contributed by atoms with Gasteiger partial charge in [0.05, 0.1) is 18.5 Å². The molecule has 0 aliphatic rings. The largest absolute Gasteiger partial charge is 0.497 e. The van der Waals surface area contributed by atoms with Crippen molar-refractivity contribution in [2.24, 2.45) is 0 Å². The number of ether oxygens (including phenoxy) is 1. The second-order valence-corrected chi connectivity index (χ2v) is 6.72. The van der Waals surface area contributed by atoms with Gasteiger partial charge in [0.25, 0.3) is 0 Å². The van der Waals surface area contributed by atoms with Crippen molar-refractivity contribution in [3.8, 4) is 17.0 Å². The molecule has 0 unspecified atom stereocenters. The van der Waals surface area contributed by atoms with E-state index in [1.165, 1.54) is 0 Å². The number of hydrogen-bond acceptors (Lipinski definition) is 5. The van der Waals surface area contributed by atoms with Crippen molar-refractivity contribution in [2.45, 2.75) is 13.3 Å². The first-order chi connectivity index (χ1) is 13.1. The summed E-state index contributed by atoms with van der Waals surface area (Å²) in [5.74, 6) is -0.282. The molecule has 2 aromatic carbocycles. The van der Waals surface area contributed by atoms with E-state index >= 15 is 0 Å². The molecule has 0 aliphatic carbocycles. The van der Waals surface area contributed by atoms with E-state index in [1.807, 2.05) is 53.4 Å². The zero-order valence-corrected chi connectivity index (χ0v) is 16.0. The van der Waals surface area contributed by atoms with Crippen LogP contribution < -0.4 is 9.64 Å². The van der Waals surface area contributed by atoms with Crippen LogP contribution in [0.4, 0.5) is 10.8 Å². The number of rotatable bonds is 7. The molecule has 138 valence electrons. The van der Waals surface area contributed by atoms with Gasteiger partial charge >= 0.3 is 5.97 Å². The molecule has 3 aromatic rings. The Balaban J connectivity index is 2.15. The number of thiazole rings is 1. The molecule has 0 atom stereocenters. The van der Waals surface area contributed by atoms with Gasteiger partial charge in [-0.05, 0) is 18.1 Å². The fourth-order valence-electron chi connectivity index (χ4n) is 2.82. The zero-order chi connectivity index (χ0) is 19.4. The summed E-state index contributed by atoms with van der Waals surface area (Å²) in [6.45, 7) is 5.97. The molecule has 1 heterocycles. The molecule has 0 spiro atoms. The zero-order valence-electron chi connectivity index (χ0n) is 15.2. The normalized spacial score (nSPS) is 10.4. The number of aromatic carboxylic acids is 1. The van der Waals surface area contributed by atoms with Crippen molar-refractivity contribution in [1.82, 2.24) is 4.98 Å². The first-order valence-electron chi connectivity index (χ1n) is 8.47. The Hall–Kier alpha value is -3.12. The van der Waals surface area contributed by atoms with Gasteiger partial charge in [-0.15, -0.1) is 0 Å². The van der Waals surface area contributed by atoms with Crippen LogP contribution in [0, 0.1) is 0 Å². The molecule has 0 saturated carbocycles. The van der Waals surface area contributed by atoms with Gasteiger partial charge in [-0.1, -0.05) is 61.2 Å². The molecular weight excluding hydrogens is 360 g/mol. The highest BCUT2D eigenvalue weighted by molar-refractivity contribution is 7.18.